The zero-order valence-corrected chi connectivity index (χ0v) is 18.4. The van der Waals surface area contributed by atoms with Gasteiger partial charge in [-0.3, -0.25) is 14.4 Å². The largest absolute Gasteiger partial charge is 0.465 e. The molecule has 3 N–H and O–H groups in total. The van der Waals surface area contributed by atoms with Crippen molar-refractivity contribution in [3.8, 4) is 0 Å². The summed E-state index contributed by atoms with van der Waals surface area (Å²) in [4.78, 5) is 35.8. The van der Waals surface area contributed by atoms with E-state index in [1.165, 1.54) is 0 Å². The first-order valence-corrected chi connectivity index (χ1v) is 10.5. The summed E-state index contributed by atoms with van der Waals surface area (Å²) in [5, 5.41) is 9.02. The molecule has 0 aliphatic heterocycles. The van der Waals surface area contributed by atoms with Crippen LogP contribution in [0, 0.1) is 5.41 Å². The van der Waals surface area contributed by atoms with Gasteiger partial charge in [-0.25, -0.2) is 0 Å². The summed E-state index contributed by atoms with van der Waals surface area (Å²) in [7, 11) is 0. The lowest BCUT2D eigenvalue weighted by Crippen LogP contribution is -2.40. The highest BCUT2D eigenvalue weighted by Gasteiger charge is 2.34. The summed E-state index contributed by atoms with van der Waals surface area (Å²) in [6.07, 6.45) is 1.01. The van der Waals surface area contributed by atoms with E-state index in [1.807, 2.05) is 27.7 Å². The van der Waals surface area contributed by atoms with E-state index < -0.39 is 11.4 Å². The van der Waals surface area contributed by atoms with Crippen LogP contribution in [0.15, 0.2) is 0 Å². The minimum Gasteiger partial charge on any atom is -0.465 e. The highest BCUT2D eigenvalue weighted by atomic mass is 16.6. The molecule has 0 saturated heterocycles. The van der Waals surface area contributed by atoms with Gasteiger partial charge in [-0.1, -0.05) is 27.7 Å². The molecule has 0 heterocycles. The molecule has 0 fully saturated rings. The van der Waals surface area contributed by atoms with Crippen LogP contribution in [0.5, 0.6) is 0 Å². The van der Waals surface area contributed by atoms with Crippen LogP contribution in [0.25, 0.3) is 0 Å². The minimum atomic E-state index is -0.774. The second-order valence-electron chi connectivity index (χ2n) is 6.82. The molecule has 9 heteroatoms. The van der Waals surface area contributed by atoms with Crippen molar-refractivity contribution in [2.45, 2.75) is 47.0 Å². The fourth-order valence-corrected chi connectivity index (χ4v) is 2.29. The number of carbonyl (C=O) groups excluding carboxylic acids is 3. The number of hydrogen-bond donors (Lipinski definition) is 3. The average molecular weight is 418 g/mol. The molecule has 170 valence electrons. The van der Waals surface area contributed by atoms with Gasteiger partial charge in [-0.2, -0.15) is 0 Å². The van der Waals surface area contributed by atoms with Crippen molar-refractivity contribution in [1.29, 1.82) is 0 Å². The number of nitrogens with one attached hydrogen (secondary N) is 3. The van der Waals surface area contributed by atoms with Gasteiger partial charge in [0.2, 0.25) is 0 Å². The van der Waals surface area contributed by atoms with Crippen LogP contribution in [0.3, 0.4) is 0 Å². The lowest BCUT2D eigenvalue weighted by atomic mass is 9.88. The van der Waals surface area contributed by atoms with E-state index in [9.17, 15) is 14.4 Å². The monoisotopic (exact) mass is 417 g/mol. The van der Waals surface area contributed by atoms with Crippen molar-refractivity contribution in [2.75, 3.05) is 59.1 Å². The normalized spacial score (nSPS) is 11.2. The Morgan fingerprint density at radius 2 is 1.07 bits per heavy atom. The number of esters is 3. The fraction of sp³-hybridized carbons (Fsp3) is 0.850. The fourth-order valence-electron chi connectivity index (χ4n) is 2.29. The van der Waals surface area contributed by atoms with Crippen LogP contribution in [-0.4, -0.2) is 77.0 Å². The van der Waals surface area contributed by atoms with Crippen LogP contribution in [0.4, 0.5) is 0 Å². The average Bonchev–Trinajstić information content (AvgIpc) is 2.72. The maximum atomic E-state index is 12.0. The van der Waals surface area contributed by atoms with E-state index in [4.69, 9.17) is 14.2 Å². The van der Waals surface area contributed by atoms with Crippen LogP contribution < -0.4 is 16.0 Å². The molecule has 0 radical (unpaired) electrons. The molecule has 29 heavy (non-hydrogen) atoms. The van der Waals surface area contributed by atoms with Crippen molar-refractivity contribution in [3.63, 3.8) is 0 Å². The molecule has 0 amide bonds. The molecule has 0 atom stereocenters. The first-order chi connectivity index (χ1) is 13.9. The van der Waals surface area contributed by atoms with Gasteiger partial charge in [0.25, 0.3) is 0 Å². The van der Waals surface area contributed by atoms with Gasteiger partial charge < -0.3 is 30.2 Å². The minimum absolute atomic E-state index is 0.00864. The molecule has 0 saturated carbocycles. The summed E-state index contributed by atoms with van der Waals surface area (Å²) in [5.41, 5.74) is -0.774. The molecule has 0 aromatic carbocycles. The van der Waals surface area contributed by atoms with Gasteiger partial charge in [-0.15, -0.1) is 0 Å². The Morgan fingerprint density at radius 3 is 1.45 bits per heavy atom. The Labute approximate surface area is 174 Å². The van der Waals surface area contributed by atoms with Gasteiger partial charge in [0.1, 0.15) is 19.8 Å². The first kappa shape index (κ1) is 27.3. The van der Waals surface area contributed by atoms with E-state index in [0.717, 1.165) is 13.1 Å². The topological polar surface area (TPSA) is 115 Å². The van der Waals surface area contributed by atoms with Gasteiger partial charge in [-0.05, 0) is 26.1 Å². The maximum Gasteiger partial charge on any atom is 0.319 e. The molecule has 0 aromatic heterocycles. The van der Waals surface area contributed by atoms with Crippen LogP contribution >= 0.6 is 0 Å². The standard InChI is InChI=1S/C20H39N3O6/c1-5-20(16-29-19(26)13-23-8-4,14-27-17(24)9-11-21-6-2)15-28-18(25)10-12-22-7-3/h21-23H,5-16H2,1-4H3. The van der Waals surface area contributed by atoms with Gasteiger partial charge >= 0.3 is 17.9 Å². The highest BCUT2D eigenvalue weighted by molar-refractivity contribution is 5.72. The first-order valence-electron chi connectivity index (χ1n) is 10.5. The second-order valence-corrected chi connectivity index (χ2v) is 6.82. The number of hydrogen-bond acceptors (Lipinski definition) is 9. The molecule has 0 rings (SSSR count). The zero-order chi connectivity index (χ0) is 22.0. The lowest BCUT2D eigenvalue weighted by molar-refractivity contribution is -0.161. The highest BCUT2D eigenvalue weighted by Crippen LogP contribution is 2.24. The summed E-state index contributed by atoms with van der Waals surface area (Å²) in [6, 6.07) is 0. The summed E-state index contributed by atoms with van der Waals surface area (Å²) in [5.74, 6) is -1.09. The molecule has 0 aliphatic carbocycles. The van der Waals surface area contributed by atoms with Crippen molar-refractivity contribution in [1.82, 2.24) is 16.0 Å². The summed E-state index contributed by atoms with van der Waals surface area (Å²) in [6.45, 7) is 11.1. The van der Waals surface area contributed by atoms with Crippen molar-refractivity contribution in [3.05, 3.63) is 0 Å². The smallest absolute Gasteiger partial charge is 0.319 e. The number of ether oxygens (including phenoxy) is 3. The quantitative estimate of drug-likeness (QED) is 0.168. The number of likely N-dealkylation sites (N-methyl/N-ethyl adjacent to an activating group) is 1. The van der Waals surface area contributed by atoms with Crippen molar-refractivity contribution in [2.24, 2.45) is 5.41 Å². The van der Waals surface area contributed by atoms with Crippen LogP contribution in [0.1, 0.15) is 47.0 Å². The predicted molar refractivity (Wildman–Crippen MR) is 110 cm³/mol. The third-order valence-electron chi connectivity index (χ3n) is 4.40. The number of carbonyl (C=O) groups is 3. The van der Waals surface area contributed by atoms with Crippen molar-refractivity contribution >= 4 is 17.9 Å². The van der Waals surface area contributed by atoms with Crippen LogP contribution in [0.2, 0.25) is 0 Å². The molecule has 0 spiro atoms. The van der Waals surface area contributed by atoms with Gasteiger partial charge in [0, 0.05) is 13.1 Å². The molecular weight excluding hydrogens is 378 g/mol. The molecular formula is C20H39N3O6. The number of rotatable bonds is 18. The Morgan fingerprint density at radius 1 is 0.655 bits per heavy atom. The molecule has 9 nitrogen and oxygen atoms in total. The molecule has 0 aromatic rings. The second kappa shape index (κ2) is 17.2. The van der Waals surface area contributed by atoms with E-state index in [-0.39, 0.29) is 51.1 Å². The third-order valence-corrected chi connectivity index (χ3v) is 4.40. The lowest BCUT2D eigenvalue weighted by Gasteiger charge is -2.31. The van der Waals surface area contributed by atoms with E-state index in [0.29, 0.717) is 26.1 Å². The van der Waals surface area contributed by atoms with E-state index in [2.05, 4.69) is 16.0 Å². The Balaban J connectivity index is 4.80. The SMILES string of the molecule is CCNCCC(=O)OCC(CC)(COC(=O)CCNCC)COC(=O)CNCC. The van der Waals surface area contributed by atoms with Crippen LogP contribution in [-0.2, 0) is 28.6 Å². The molecule has 0 aliphatic rings. The molecule has 0 bridgehead atoms. The maximum absolute atomic E-state index is 12.0. The van der Waals surface area contributed by atoms with E-state index >= 15 is 0 Å². The predicted octanol–water partition coefficient (Wildman–Crippen LogP) is 0.621. The van der Waals surface area contributed by atoms with Crippen molar-refractivity contribution < 1.29 is 28.6 Å². The Kier molecular flexibility index (Phi) is 16.2. The van der Waals surface area contributed by atoms with Gasteiger partial charge in [0.05, 0.1) is 24.8 Å². The third kappa shape index (κ3) is 14.0. The van der Waals surface area contributed by atoms with Gasteiger partial charge in [0.15, 0.2) is 0 Å². The summed E-state index contributed by atoms with van der Waals surface area (Å²) < 4.78 is 16.2. The Bertz CT molecular complexity index is 447. The Hall–Kier alpha value is -1.71. The van der Waals surface area contributed by atoms with E-state index in [1.54, 1.807) is 0 Å². The molecule has 0 unspecified atom stereocenters. The zero-order valence-electron chi connectivity index (χ0n) is 18.4. The summed E-state index contributed by atoms with van der Waals surface area (Å²) >= 11 is 0.